The lowest BCUT2D eigenvalue weighted by Crippen LogP contribution is -2.35. The SMILES string of the molecule is CCN(CC)CC(C)Nc1nccn2cnnc12. The van der Waals surface area contributed by atoms with Crippen molar-refractivity contribution in [2.75, 3.05) is 25.0 Å². The summed E-state index contributed by atoms with van der Waals surface area (Å²) in [6.45, 7) is 9.61. The minimum atomic E-state index is 0.320. The predicted molar refractivity (Wildman–Crippen MR) is 71.7 cm³/mol. The van der Waals surface area contributed by atoms with E-state index in [2.05, 4.69) is 46.2 Å². The minimum Gasteiger partial charge on any atom is -0.363 e. The molecule has 0 saturated heterocycles. The summed E-state index contributed by atoms with van der Waals surface area (Å²) in [5.41, 5.74) is 0.767. The molecule has 0 saturated carbocycles. The van der Waals surface area contributed by atoms with Gasteiger partial charge in [-0.1, -0.05) is 13.8 Å². The molecule has 0 radical (unpaired) electrons. The summed E-state index contributed by atoms with van der Waals surface area (Å²) in [5.74, 6) is 0.787. The Hall–Kier alpha value is -1.69. The number of nitrogens with one attached hydrogen (secondary N) is 1. The highest BCUT2D eigenvalue weighted by atomic mass is 15.3. The van der Waals surface area contributed by atoms with Crippen LogP contribution in [0.4, 0.5) is 5.82 Å². The van der Waals surface area contributed by atoms with Gasteiger partial charge >= 0.3 is 0 Å². The maximum Gasteiger partial charge on any atom is 0.203 e. The maximum atomic E-state index is 4.33. The van der Waals surface area contributed by atoms with Gasteiger partial charge in [-0.25, -0.2) is 4.98 Å². The fraction of sp³-hybridized carbons (Fsp3) is 0.583. The molecule has 98 valence electrons. The lowest BCUT2D eigenvalue weighted by molar-refractivity contribution is 0.294. The van der Waals surface area contributed by atoms with Gasteiger partial charge in [-0.2, -0.15) is 0 Å². The normalized spacial score (nSPS) is 13.1. The van der Waals surface area contributed by atoms with E-state index in [-0.39, 0.29) is 0 Å². The quantitative estimate of drug-likeness (QED) is 0.834. The van der Waals surface area contributed by atoms with Gasteiger partial charge in [0, 0.05) is 25.0 Å². The summed E-state index contributed by atoms with van der Waals surface area (Å²) >= 11 is 0. The highest BCUT2D eigenvalue weighted by Gasteiger charge is 2.10. The summed E-state index contributed by atoms with van der Waals surface area (Å²) in [4.78, 5) is 6.70. The number of likely N-dealkylation sites (N-methyl/N-ethyl adjacent to an activating group) is 1. The van der Waals surface area contributed by atoms with Gasteiger partial charge in [-0.3, -0.25) is 4.40 Å². The van der Waals surface area contributed by atoms with Crippen molar-refractivity contribution >= 4 is 11.5 Å². The number of fused-ring (bicyclic) bond motifs is 1. The molecular formula is C12H20N6. The molecule has 2 aromatic heterocycles. The van der Waals surface area contributed by atoms with Crippen molar-refractivity contribution in [2.45, 2.75) is 26.8 Å². The third kappa shape index (κ3) is 2.76. The Kier molecular flexibility index (Phi) is 4.09. The third-order valence-corrected chi connectivity index (χ3v) is 3.03. The second-order valence-corrected chi connectivity index (χ2v) is 4.37. The van der Waals surface area contributed by atoms with Crippen molar-refractivity contribution in [2.24, 2.45) is 0 Å². The Morgan fingerprint density at radius 2 is 2.17 bits per heavy atom. The molecule has 2 rings (SSSR count). The Bertz CT molecular complexity index is 490. The first-order valence-electron chi connectivity index (χ1n) is 6.37. The van der Waals surface area contributed by atoms with E-state index in [4.69, 9.17) is 0 Å². The first-order valence-corrected chi connectivity index (χ1v) is 6.37. The largest absolute Gasteiger partial charge is 0.363 e. The van der Waals surface area contributed by atoms with E-state index in [1.54, 1.807) is 12.5 Å². The van der Waals surface area contributed by atoms with Gasteiger partial charge in [-0.05, 0) is 20.0 Å². The molecule has 0 fully saturated rings. The van der Waals surface area contributed by atoms with Gasteiger partial charge < -0.3 is 10.2 Å². The summed E-state index contributed by atoms with van der Waals surface area (Å²) < 4.78 is 1.86. The molecule has 0 amide bonds. The molecular weight excluding hydrogens is 228 g/mol. The van der Waals surface area contributed by atoms with Crippen LogP contribution in [0.15, 0.2) is 18.7 Å². The minimum absolute atomic E-state index is 0.320. The number of hydrogen-bond donors (Lipinski definition) is 1. The van der Waals surface area contributed by atoms with E-state index in [1.807, 2.05) is 10.6 Å². The van der Waals surface area contributed by atoms with Gasteiger partial charge in [0.2, 0.25) is 5.65 Å². The first-order chi connectivity index (χ1) is 8.74. The van der Waals surface area contributed by atoms with Crippen LogP contribution in [-0.4, -0.2) is 50.2 Å². The molecule has 0 aliphatic rings. The van der Waals surface area contributed by atoms with Crippen molar-refractivity contribution in [3.8, 4) is 0 Å². The fourth-order valence-electron chi connectivity index (χ4n) is 2.01. The molecule has 0 bridgehead atoms. The van der Waals surface area contributed by atoms with Crippen LogP contribution in [0.25, 0.3) is 5.65 Å². The molecule has 0 aromatic carbocycles. The molecule has 2 aromatic rings. The van der Waals surface area contributed by atoms with Gasteiger partial charge in [0.25, 0.3) is 0 Å². The van der Waals surface area contributed by atoms with Gasteiger partial charge in [-0.15, -0.1) is 10.2 Å². The number of hydrogen-bond acceptors (Lipinski definition) is 5. The number of anilines is 1. The van der Waals surface area contributed by atoms with Crippen LogP contribution >= 0.6 is 0 Å². The molecule has 1 unspecified atom stereocenters. The second kappa shape index (κ2) is 5.77. The maximum absolute atomic E-state index is 4.33. The van der Waals surface area contributed by atoms with Gasteiger partial charge in [0.1, 0.15) is 6.33 Å². The summed E-state index contributed by atoms with van der Waals surface area (Å²) in [6.07, 6.45) is 5.27. The molecule has 6 heteroatoms. The average Bonchev–Trinajstić information content (AvgIpc) is 2.85. The van der Waals surface area contributed by atoms with Gasteiger partial charge in [0.15, 0.2) is 5.82 Å². The second-order valence-electron chi connectivity index (χ2n) is 4.37. The van der Waals surface area contributed by atoms with E-state index in [1.165, 1.54) is 0 Å². The summed E-state index contributed by atoms with van der Waals surface area (Å²) in [7, 11) is 0. The first kappa shape index (κ1) is 12.8. The van der Waals surface area contributed by atoms with Crippen molar-refractivity contribution in [3.05, 3.63) is 18.7 Å². The van der Waals surface area contributed by atoms with Crippen LogP contribution < -0.4 is 5.32 Å². The summed E-state index contributed by atoms with van der Waals surface area (Å²) in [6, 6.07) is 0.320. The highest BCUT2D eigenvalue weighted by molar-refractivity contribution is 5.61. The molecule has 18 heavy (non-hydrogen) atoms. The smallest absolute Gasteiger partial charge is 0.203 e. The van der Waals surface area contributed by atoms with Gasteiger partial charge in [0.05, 0.1) is 0 Å². The Morgan fingerprint density at radius 3 is 2.89 bits per heavy atom. The van der Waals surface area contributed by atoms with Crippen LogP contribution in [0.5, 0.6) is 0 Å². The number of nitrogens with zero attached hydrogens (tertiary/aromatic N) is 5. The Morgan fingerprint density at radius 1 is 1.39 bits per heavy atom. The predicted octanol–water partition coefficient (Wildman–Crippen LogP) is 1.27. The van der Waals surface area contributed by atoms with Crippen LogP contribution in [0, 0.1) is 0 Å². The average molecular weight is 248 g/mol. The summed E-state index contributed by atoms with van der Waals surface area (Å²) in [5, 5.41) is 11.3. The van der Waals surface area contributed by atoms with E-state index in [0.29, 0.717) is 6.04 Å². The lowest BCUT2D eigenvalue weighted by Gasteiger charge is -2.23. The number of aromatic nitrogens is 4. The molecule has 1 atom stereocenters. The highest BCUT2D eigenvalue weighted by Crippen LogP contribution is 2.11. The topological polar surface area (TPSA) is 58.4 Å². The zero-order valence-electron chi connectivity index (χ0n) is 11.2. The standard InChI is InChI=1S/C12H20N6/c1-4-17(5-2)8-10(3)15-11-12-16-14-9-18(12)7-6-13-11/h6-7,9-10H,4-5,8H2,1-3H3,(H,13,15). The Labute approximate surface area is 107 Å². The van der Waals surface area contributed by atoms with Crippen LogP contribution in [-0.2, 0) is 0 Å². The zero-order valence-corrected chi connectivity index (χ0v) is 11.2. The third-order valence-electron chi connectivity index (χ3n) is 3.03. The van der Waals surface area contributed by atoms with E-state index < -0.39 is 0 Å². The Balaban J connectivity index is 2.06. The molecule has 0 aliphatic carbocycles. The molecule has 0 aliphatic heterocycles. The monoisotopic (exact) mass is 248 g/mol. The van der Waals surface area contributed by atoms with Crippen molar-refractivity contribution in [3.63, 3.8) is 0 Å². The van der Waals surface area contributed by atoms with Crippen molar-refractivity contribution in [1.29, 1.82) is 0 Å². The molecule has 6 nitrogen and oxygen atoms in total. The van der Waals surface area contributed by atoms with Crippen LogP contribution in [0.1, 0.15) is 20.8 Å². The molecule has 2 heterocycles. The molecule has 0 spiro atoms. The van der Waals surface area contributed by atoms with E-state index in [0.717, 1.165) is 31.1 Å². The number of rotatable bonds is 6. The zero-order chi connectivity index (χ0) is 13.0. The lowest BCUT2D eigenvalue weighted by atomic mass is 10.3. The van der Waals surface area contributed by atoms with E-state index >= 15 is 0 Å². The van der Waals surface area contributed by atoms with Crippen molar-refractivity contribution in [1.82, 2.24) is 24.5 Å². The van der Waals surface area contributed by atoms with Crippen LogP contribution in [0.3, 0.4) is 0 Å². The van der Waals surface area contributed by atoms with Crippen LogP contribution in [0.2, 0.25) is 0 Å². The fourth-order valence-corrected chi connectivity index (χ4v) is 2.01. The molecule has 1 N–H and O–H groups in total. The van der Waals surface area contributed by atoms with E-state index in [9.17, 15) is 0 Å². The van der Waals surface area contributed by atoms with Crippen molar-refractivity contribution < 1.29 is 0 Å².